The van der Waals surface area contributed by atoms with E-state index in [0.717, 1.165) is 11.8 Å². The Hall–Kier alpha value is -2.94. The van der Waals surface area contributed by atoms with E-state index in [1.165, 1.54) is 36.4 Å². The molecule has 1 atom stereocenters. The van der Waals surface area contributed by atoms with Crippen LogP contribution in [0.25, 0.3) is 0 Å². The molecule has 2 aromatic carbocycles. The molecule has 0 unspecified atom stereocenters. The van der Waals surface area contributed by atoms with Gasteiger partial charge in [0.25, 0.3) is 11.1 Å². The SMILES string of the molecule is C[C@H](Oc1ccccc1F)c1nnc(SCC(=O)Nc2ccc(F)cc2)o1. The van der Waals surface area contributed by atoms with Crippen LogP contribution in [0.4, 0.5) is 14.5 Å². The minimum absolute atomic E-state index is 0.0293. The highest BCUT2D eigenvalue weighted by molar-refractivity contribution is 7.99. The molecule has 1 heterocycles. The second-order valence-electron chi connectivity index (χ2n) is 5.44. The molecule has 0 bridgehead atoms. The fourth-order valence-electron chi connectivity index (χ4n) is 2.08. The third kappa shape index (κ3) is 5.27. The highest BCUT2D eigenvalue weighted by atomic mass is 32.2. The quantitative estimate of drug-likeness (QED) is 0.608. The lowest BCUT2D eigenvalue weighted by atomic mass is 10.3. The molecule has 1 aromatic heterocycles. The molecule has 1 amide bonds. The number of halogens is 2. The van der Waals surface area contributed by atoms with Crippen molar-refractivity contribution in [2.24, 2.45) is 0 Å². The highest BCUT2D eigenvalue weighted by Crippen LogP contribution is 2.25. The molecule has 0 aliphatic heterocycles. The van der Waals surface area contributed by atoms with Gasteiger partial charge < -0.3 is 14.5 Å². The molecular weight excluding hydrogens is 376 g/mol. The fraction of sp³-hybridized carbons (Fsp3) is 0.167. The van der Waals surface area contributed by atoms with Gasteiger partial charge in [0.15, 0.2) is 17.7 Å². The van der Waals surface area contributed by atoms with Gasteiger partial charge in [0, 0.05) is 5.69 Å². The standard InChI is InChI=1S/C18H15F2N3O3S/c1-11(25-15-5-3-2-4-14(15)20)17-22-23-18(26-17)27-10-16(24)21-13-8-6-12(19)7-9-13/h2-9,11H,10H2,1H3,(H,21,24)/t11-/m0/s1. The average molecular weight is 391 g/mol. The Morgan fingerprint density at radius 2 is 1.93 bits per heavy atom. The van der Waals surface area contributed by atoms with Crippen molar-refractivity contribution in [3.8, 4) is 5.75 Å². The zero-order valence-electron chi connectivity index (χ0n) is 14.2. The van der Waals surface area contributed by atoms with Crippen molar-refractivity contribution >= 4 is 23.4 Å². The molecule has 27 heavy (non-hydrogen) atoms. The van der Waals surface area contributed by atoms with Crippen LogP contribution in [-0.2, 0) is 4.79 Å². The third-order valence-corrected chi connectivity index (χ3v) is 4.18. The molecular formula is C18H15F2N3O3S. The summed E-state index contributed by atoms with van der Waals surface area (Å²) in [6, 6.07) is 11.4. The lowest BCUT2D eigenvalue weighted by Gasteiger charge is -2.11. The average Bonchev–Trinajstić information content (AvgIpc) is 3.13. The summed E-state index contributed by atoms with van der Waals surface area (Å²) < 4.78 is 37.4. The minimum Gasteiger partial charge on any atom is -0.478 e. The Labute approximate surface area is 157 Å². The number of carbonyl (C=O) groups excluding carboxylic acids is 1. The van der Waals surface area contributed by atoms with Gasteiger partial charge in [0.05, 0.1) is 5.75 Å². The first-order valence-electron chi connectivity index (χ1n) is 7.94. The van der Waals surface area contributed by atoms with Gasteiger partial charge in [-0.1, -0.05) is 23.9 Å². The lowest BCUT2D eigenvalue weighted by molar-refractivity contribution is -0.113. The molecule has 140 valence electrons. The van der Waals surface area contributed by atoms with Crippen molar-refractivity contribution < 1.29 is 22.7 Å². The summed E-state index contributed by atoms with van der Waals surface area (Å²) in [4.78, 5) is 11.9. The largest absolute Gasteiger partial charge is 0.478 e. The van der Waals surface area contributed by atoms with Crippen molar-refractivity contribution in [1.29, 1.82) is 0 Å². The Morgan fingerprint density at radius 1 is 1.19 bits per heavy atom. The first kappa shape index (κ1) is 18.8. The number of hydrogen-bond donors (Lipinski definition) is 1. The van der Waals surface area contributed by atoms with E-state index in [4.69, 9.17) is 9.15 Å². The Kier molecular flexibility index (Phi) is 6.02. The number of nitrogens with one attached hydrogen (secondary N) is 1. The number of rotatable bonds is 7. The first-order valence-corrected chi connectivity index (χ1v) is 8.92. The topological polar surface area (TPSA) is 77.2 Å². The van der Waals surface area contributed by atoms with Crippen LogP contribution in [0.15, 0.2) is 58.2 Å². The van der Waals surface area contributed by atoms with Crippen LogP contribution in [0, 0.1) is 11.6 Å². The van der Waals surface area contributed by atoms with Crippen molar-refractivity contribution in [3.05, 3.63) is 66.1 Å². The summed E-state index contributed by atoms with van der Waals surface area (Å²) in [6.07, 6.45) is -0.656. The summed E-state index contributed by atoms with van der Waals surface area (Å²) in [6.45, 7) is 1.65. The second kappa shape index (κ2) is 8.63. The van der Waals surface area contributed by atoms with Gasteiger partial charge in [0.1, 0.15) is 5.82 Å². The number of para-hydroxylation sites is 1. The van der Waals surface area contributed by atoms with Crippen LogP contribution in [0.3, 0.4) is 0 Å². The van der Waals surface area contributed by atoms with Crippen LogP contribution < -0.4 is 10.1 Å². The van der Waals surface area contributed by atoms with E-state index in [2.05, 4.69) is 15.5 Å². The number of benzene rings is 2. The monoisotopic (exact) mass is 391 g/mol. The van der Waals surface area contributed by atoms with Crippen molar-refractivity contribution in [2.75, 3.05) is 11.1 Å². The molecule has 0 aliphatic rings. The third-order valence-electron chi connectivity index (χ3n) is 3.36. The summed E-state index contributed by atoms with van der Waals surface area (Å²) in [5.41, 5.74) is 0.486. The molecule has 0 saturated carbocycles. The second-order valence-corrected chi connectivity index (χ2v) is 6.37. The van der Waals surface area contributed by atoms with Gasteiger partial charge in [-0.15, -0.1) is 10.2 Å². The highest BCUT2D eigenvalue weighted by Gasteiger charge is 2.18. The van der Waals surface area contributed by atoms with E-state index in [1.807, 2.05) is 0 Å². The minimum atomic E-state index is -0.656. The predicted octanol–water partition coefficient (Wildman–Crippen LogP) is 4.22. The van der Waals surface area contributed by atoms with E-state index in [-0.39, 0.29) is 34.3 Å². The van der Waals surface area contributed by atoms with Gasteiger partial charge >= 0.3 is 0 Å². The predicted molar refractivity (Wildman–Crippen MR) is 95.5 cm³/mol. The Bertz CT molecular complexity index is 918. The molecule has 1 N–H and O–H groups in total. The van der Waals surface area contributed by atoms with Crippen LogP contribution >= 0.6 is 11.8 Å². The number of aromatic nitrogens is 2. The van der Waals surface area contributed by atoms with Crippen LogP contribution in [-0.4, -0.2) is 21.9 Å². The molecule has 3 rings (SSSR count). The van der Waals surface area contributed by atoms with E-state index in [1.54, 1.807) is 19.1 Å². The number of carbonyl (C=O) groups is 1. The van der Waals surface area contributed by atoms with E-state index in [0.29, 0.717) is 5.69 Å². The molecule has 0 radical (unpaired) electrons. The van der Waals surface area contributed by atoms with E-state index < -0.39 is 11.9 Å². The maximum Gasteiger partial charge on any atom is 0.277 e. The molecule has 0 spiro atoms. The van der Waals surface area contributed by atoms with E-state index in [9.17, 15) is 13.6 Å². The van der Waals surface area contributed by atoms with Crippen molar-refractivity contribution in [1.82, 2.24) is 10.2 Å². The number of amides is 1. The molecule has 0 saturated heterocycles. The van der Waals surface area contributed by atoms with Gasteiger partial charge in [-0.3, -0.25) is 4.79 Å². The lowest BCUT2D eigenvalue weighted by Crippen LogP contribution is -2.13. The Balaban J connectivity index is 1.52. The molecule has 9 heteroatoms. The Morgan fingerprint density at radius 3 is 2.67 bits per heavy atom. The van der Waals surface area contributed by atoms with Crippen LogP contribution in [0.1, 0.15) is 18.9 Å². The summed E-state index contributed by atoms with van der Waals surface area (Å²) >= 11 is 1.04. The smallest absolute Gasteiger partial charge is 0.277 e. The summed E-state index contributed by atoms with van der Waals surface area (Å²) in [5.74, 6) is -0.900. The number of ether oxygens (including phenoxy) is 1. The number of thioether (sulfide) groups is 1. The van der Waals surface area contributed by atoms with Gasteiger partial charge in [-0.05, 0) is 43.3 Å². The normalized spacial score (nSPS) is 11.8. The first-order chi connectivity index (χ1) is 13.0. The molecule has 0 fully saturated rings. The number of nitrogens with zero attached hydrogens (tertiary/aromatic N) is 2. The van der Waals surface area contributed by atoms with Gasteiger partial charge in [0.2, 0.25) is 5.91 Å². The molecule has 6 nitrogen and oxygen atoms in total. The van der Waals surface area contributed by atoms with Crippen LogP contribution in [0.2, 0.25) is 0 Å². The zero-order chi connectivity index (χ0) is 19.2. The summed E-state index contributed by atoms with van der Waals surface area (Å²) in [5, 5.41) is 10.5. The van der Waals surface area contributed by atoms with Crippen LogP contribution in [0.5, 0.6) is 5.75 Å². The number of anilines is 1. The van der Waals surface area contributed by atoms with Crippen molar-refractivity contribution in [2.45, 2.75) is 18.3 Å². The van der Waals surface area contributed by atoms with Gasteiger partial charge in [-0.2, -0.15) is 0 Å². The zero-order valence-corrected chi connectivity index (χ0v) is 15.0. The number of hydrogen-bond acceptors (Lipinski definition) is 6. The maximum absolute atomic E-state index is 13.6. The van der Waals surface area contributed by atoms with Crippen molar-refractivity contribution in [3.63, 3.8) is 0 Å². The summed E-state index contributed by atoms with van der Waals surface area (Å²) in [7, 11) is 0. The fourth-order valence-corrected chi connectivity index (χ4v) is 2.65. The molecule has 0 aliphatic carbocycles. The van der Waals surface area contributed by atoms with Gasteiger partial charge in [-0.25, -0.2) is 8.78 Å². The molecule has 3 aromatic rings. The van der Waals surface area contributed by atoms with E-state index >= 15 is 0 Å². The maximum atomic E-state index is 13.6.